The van der Waals surface area contributed by atoms with Crippen molar-refractivity contribution < 1.29 is 0 Å². The van der Waals surface area contributed by atoms with E-state index in [1.165, 1.54) is 11.1 Å². The maximum atomic E-state index is 6.22. The second-order valence-corrected chi connectivity index (χ2v) is 5.71. The van der Waals surface area contributed by atoms with Gasteiger partial charge in [-0.2, -0.15) is 0 Å². The van der Waals surface area contributed by atoms with E-state index < -0.39 is 0 Å². The van der Waals surface area contributed by atoms with Gasteiger partial charge in [0.2, 0.25) is 0 Å². The molecule has 0 bridgehead atoms. The molecule has 0 saturated heterocycles. The molecular weight excluding hydrogens is 279 g/mol. The van der Waals surface area contributed by atoms with Gasteiger partial charge in [0.05, 0.1) is 0 Å². The highest BCUT2D eigenvalue weighted by molar-refractivity contribution is 6.34. The molecule has 100 valence electrons. The summed E-state index contributed by atoms with van der Waals surface area (Å²) in [5.74, 6) is 0.774. The van der Waals surface area contributed by atoms with Crippen molar-refractivity contribution in [2.75, 3.05) is 0 Å². The number of hydrogen-bond acceptors (Lipinski definition) is 2. The predicted octanol–water partition coefficient (Wildman–Crippen LogP) is 5.19. The van der Waals surface area contributed by atoms with Crippen LogP contribution in [0.1, 0.15) is 36.5 Å². The van der Waals surface area contributed by atoms with Crippen LogP contribution in [0.4, 0.5) is 0 Å². The molecule has 0 amide bonds. The molecule has 1 aromatic carbocycles. The normalized spacial score (nSPS) is 11.1. The van der Waals surface area contributed by atoms with Crippen LogP contribution in [0.3, 0.4) is 0 Å². The Morgan fingerprint density at radius 3 is 2.00 bits per heavy atom. The summed E-state index contributed by atoms with van der Waals surface area (Å²) in [7, 11) is 0. The van der Waals surface area contributed by atoms with Gasteiger partial charge in [-0.15, -0.1) is 0 Å². The fourth-order valence-corrected chi connectivity index (χ4v) is 2.73. The van der Waals surface area contributed by atoms with E-state index in [-0.39, 0.29) is 5.92 Å². The van der Waals surface area contributed by atoms with Crippen LogP contribution in [0.2, 0.25) is 10.3 Å². The van der Waals surface area contributed by atoms with Crippen LogP contribution in [0.5, 0.6) is 0 Å². The molecule has 2 nitrogen and oxygen atoms in total. The number of hydrogen-bond donors (Lipinski definition) is 0. The summed E-state index contributed by atoms with van der Waals surface area (Å²) in [4.78, 5) is 8.73. The molecule has 0 unspecified atom stereocenters. The minimum atomic E-state index is 0.203. The summed E-state index contributed by atoms with van der Waals surface area (Å²) in [5, 5.41) is 0.867. The Kier molecular flexibility index (Phi) is 4.12. The van der Waals surface area contributed by atoms with Crippen molar-refractivity contribution in [2.24, 2.45) is 0 Å². The Morgan fingerprint density at radius 2 is 1.53 bits per heavy atom. The van der Waals surface area contributed by atoms with Gasteiger partial charge in [-0.1, -0.05) is 49.2 Å². The molecule has 0 N–H and O–H groups in total. The van der Waals surface area contributed by atoms with Crippen molar-refractivity contribution in [3.05, 3.63) is 45.2 Å². The maximum absolute atomic E-state index is 6.22. The number of benzene rings is 1. The highest BCUT2D eigenvalue weighted by atomic mass is 35.5. The monoisotopic (exact) mass is 294 g/mol. The summed E-state index contributed by atoms with van der Waals surface area (Å²) in [6, 6.07) is 6.08. The molecule has 2 rings (SSSR count). The number of nitrogens with zero attached hydrogens (tertiary/aromatic N) is 2. The van der Waals surface area contributed by atoms with E-state index in [1.54, 1.807) is 0 Å². The molecule has 0 aliphatic carbocycles. The standard InChI is InChI=1S/C15H16Cl2N2/c1-8(2)12-13(16)18-15(19-14(12)17)11-6-5-9(3)10(4)7-11/h5-8H,1-4H3. The quantitative estimate of drug-likeness (QED) is 0.712. The lowest BCUT2D eigenvalue weighted by Crippen LogP contribution is -1.99. The fourth-order valence-electron chi connectivity index (χ4n) is 1.90. The first-order chi connectivity index (χ1) is 8.90. The summed E-state index contributed by atoms with van der Waals surface area (Å²) in [6.45, 7) is 8.17. The van der Waals surface area contributed by atoms with Crippen molar-refractivity contribution in [2.45, 2.75) is 33.6 Å². The average Bonchev–Trinajstić information content (AvgIpc) is 2.31. The van der Waals surface area contributed by atoms with Crippen LogP contribution in [-0.2, 0) is 0 Å². The summed E-state index contributed by atoms with van der Waals surface area (Å²) in [5.41, 5.74) is 4.17. The van der Waals surface area contributed by atoms with Crippen LogP contribution in [0.15, 0.2) is 18.2 Å². The number of halogens is 2. The largest absolute Gasteiger partial charge is 0.216 e. The van der Waals surface area contributed by atoms with Gasteiger partial charge < -0.3 is 0 Å². The van der Waals surface area contributed by atoms with Crippen molar-refractivity contribution in [3.63, 3.8) is 0 Å². The molecule has 1 heterocycles. The van der Waals surface area contributed by atoms with Crippen molar-refractivity contribution in [1.82, 2.24) is 9.97 Å². The van der Waals surface area contributed by atoms with E-state index in [0.29, 0.717) is 16.1 Å². The highest BCUT2D eigenvalue weighted by Crippen LogP contribution is 2.31. The predicted molar refractivity (Wildman–Crippen MR) is 81.1 cm³/mol. The van der Waals surface area contributed by atoms with Gasteiger partial charge in [0.15, 0.2) is 5.82 Å². The van der Waals surface area contributed by atoms with Gasteiger partial charge in [-0.3, -0.25) is 0 Å². The minimum absolute atomic E-state index is 0.203. The lowest BCUT2D eigenvalue weighted by Gasteiger charge is -2.11. The molecular formula is C15H16Cl2N2. The molecule has 0 saturated carbocycles. The zero-order chi connectivity index (χ0) is 14.2. The van der Waals surface area contributed by atoms with Crippen LogP contribution < -0.4 is 0 Å². The Bertz CT molecular complexity index is 599. The van der Waals surface area contributed by atoms with Gasteiger partial charge in [0.25, 0.3) is 0 Å². The first-order valence-electron chi connectivity index (χ1n) is 6.20. The van der Waals surface area contributed by atoms with Gasteiger partial charge in [0.1, 0.15) is 10.3 Å². The molecule has 2 aromatic rings. The smallest absolute Gasteiger partial charge is 0.162 e. The van der Waals surface area contributed by atoms with Gasteiger partial charge in [-0.05, 0) is 37.0 Å². The molecule has 0 spiro atoms. The third-order valence-electron chi connectivity index (χ3n) is 3.20. The Labute approximate surface area is 123 Å². The first kappa shape index (κ1) is 14.3. The van der Waals surface area contributed by atoms with Crippen LogP contribution in [-0.4, -0.2) is 9.97 Å². The van der Waals surface area contributed by atoms with Gasteiger partial charge >= 0.3 is 0 Å². The van der Waals surface area contributed by atoms with Crippen LogP contribution in [0, 0.1) is 13.8 Å². The molecule has 4 heteroatoms. The van der Waals surface area contributed by atoms with E-state index in [9.17, 15) is 0 Å². The topological polar surface area (TPSA) is 25.8 Å². The Balaban J connectivity index is 2.55. The summed E-state index contributed by atoms with van der Waals surface area (Å²) >= 11 is 12.4. The zero-order valence-electron chi connectivity index (χ0n) is 11.5. The minimum Gasteiger partial charge on any atom is -0.216 e. The second kappa shape index (κ2) is 5.48. The Hall–Kier alpha value is -1.12. The lowest BCUT2D eigenvalue weighted by molar-refractivity contribution is 0.848. The van der Waals surface area contributed by atoms with E-state index in [4.69, 9.17) is 23.2 Å². The molecule has 0 atom stereocenters. The van der Waals surface area contributed by atoms with Crippen molar-refractivity contribution >= 4 is 23.2 Å². The van der Waals surface area contributed by atoms with Crippen LogP contribution >= 0.6 is 23.2 Å². The molecule has 0 fully saturated rings. The van der Waals surface area contributed by atoms with E-state index >= 15 is 0 Å². The molecule has 0 aliphatic rings. The summed E-state index contributed by atoms with van der Waals surface area (Å²) < 4.78 is 0. The van der Waals surface area contributed by atoms with E-state index in [1.807, 2.05) is 32.0 Å². The first-order valence-corrected chi connectivity index (χ1v) is 6.96. The van der Waals surface area contributed by atoms with E-state index in [2.05, 4.69) is 23.8 Å². The average molecular weight is 295 g/mol. The molecule has 1 aromatic heterocycles. The molecule has 0 radical (unpaired) electrons. The Morgan fingerprint density at radius 1 is 0.947 bits per heavy atom. The highest BCUT2D eigenvalue weighted by Gasteiger charge is 2.15. The molecule has 19 heavy (non-hydrogen) atoms. The number of aryl methyl sites for hydroxylation is 2. The van der Waals surface area contributed by atoms with Gasteiger partial charge in [0, 0.05) is 11.1 Å². The van der Waals surface area contributed by atoms with Crippen molar-refractivity contribution in [1.29, 1.82) is 0 Å². The second-order valence-electron chi connectivity index (χ2n) is 5.00. The third kappa shape index (κ3) is 2.90. The van der Waals surface area contributed by atoms with Gasteiger partial charge in [-0.25, -0.2) is 9.97 Å². The number of aromatic nitrogens is 2. The van der Waals surface area contributed by atoms with E-state index in [0.717, 1.165) is 11.1 Å². The fraction of sp³-hybridized carbons (Fsp3) is 0.333. The van der Waals surface area contributed by atoms with Crippen molar-refractivity contribution in [3.8, 4) is 11.4 Å². The summed E-state index contributed by atoms with van der Waals surface area (Å²) in [6.07, 6.45) is 0. The SMILES string of the molecule is Cc1ccc(-c2nc(Cl)c(C(C)C)c(Cl)n2)cc1C. The maximum Gasteiger partial charge on any atom is 0.162 e. The molecule has 0 aliphatic heterocycles. The third-order valence-corrected chi connectivity index (χ3v) is 3.77. The lowest BCUT2D eigenvalue weighted by atomic mass is 10.1. The van der Waals surface area contributed by atoms with Crippen LogP contribution in [0.25, 0.3) is 11.4 Å². The number of rotatable bonds is 2. The zero-order valence-corrected chi connectivity index (χ0v) is 13.0.